The Kier molecular flexibility index (Phi) is 3.74. The predicted octanol–water partition coefficient (Wildman–Crippen LogP) is 3.01. The van der Waals surface area contributed by atoms with Gasteiger partial charge in [0.05, 0.1) is 0 Å². The van der Waals surface area contributed by atoms with Crippen molar-refractivity contribution in [2.45, 2.75) is 6.43 Å². The van der Waals surface area contributed by atoms with Crippen LogP contribution in [0.1, 0.15) is 21.8 Å². The topological polar surface area (TPSA) is 54.9 Å². The number of aromatic nitrogens is 2. The molecule has 0 bridgehead atoms. The van der Waals surface area contributed by atoms with Gasteiger partial charge in [-0.15, -0.1) is 5.10 Å². The van der Waals surface area contributed by atoms with Gasteiger partial charge < -0.3 is 5.32 Å². The van der Waals surface area contributed by atoms with E-state index in [-0.39, 0.29) is 0 Å². The van der Waals surface area contributed by atoms with Crippen molar-refractivity contribution in [2.24, 2.45) is 0 Å². The molecule has 2 rings (SSSR count). The van der Waals surface area contributed by atoms with Gasteiger partial charge in [0.25, 0.3) is 12.3 Å². The number of amides is 1. The van der Waals surface area contributed by atoms with Crippen molar-refractivity contribution in [1.29, 1.82) is 0 Å². The third kappa shape index (κ3) is 2.70. The highest BCUT2D eigenvalue weighted by molar-refractivity contribution is 7.08. The number of para-hydroxylation sites is 1. The van der Waals surface area contributed by atoms with Crippen LogP contribution in [0, 0.1) is 11.6 Å². The number of carbonyl (C=O) groups is 1. The van der Waals surface area contributed by atoms with Gasteiger partial charge in [0, 0.05) is 0 Å². The van der Waals surface area contributed by atoms with E-state index in [1.165, 1.54) is 0 Å². The Hall–Kier alpha value is -2.03. The van der Waals surface area contributed by atoms with E-state index in [0.29, 0.717) is 11.5 Å². The van der Waals surface area contributed by atoms with Crippen LogP contribution in [0.2, 0.25) is 0 Å². The number of halogens is 4. The van der Waals surface area contributed by atoms with Crippen LogP contribution in [-0.4, -0.2) is 15.5 Å². The van der Waals surface area contributed by atoms with E-state index in [9.17, 15) is 22.4 Å². The summed E-state index contributed by atoms with van der Waals surface area (Å²) in [5, 5.41) is 4.98. The average Bonchev–Trinajstić information content (AvgIpc) is 2.83. The summed E-state index contributed by atoms with van der Waals surface area (Å²) in [5.41, 5.74) is -1.53. The first-order valence-corrected chi connectivity index (χ1v) is 5.63. The van der Waals surface area contributed by atoms with Crippen molar-refractivity contribution >= 4 is 23.1 Å². The molecule has 0 aliphatic carbocycles. The lowest BCUT2D eigenvalue weighted by Crippen LogP contribution is -2.15. The maximum Gasteiger partial charge on any atom is 0.283 e. The molecule has 1 N–H and O–H groups in total. The highest BCUT2D eigenvalue weighted by Gasteiger charge is 2.24. The van der Waals surface area contributed by atoms with Gasteiger partial charge in [-0.1, -0.05) is 10.6 Å². The SMILES string of the molecule is O=C(Nc1c(F)cccc1F)c1snnc1C(F)F. The molecule has 1 aromatic carbocycles. The predicted molar refractivity (Wildman–Crippen MR) is 59.2 cm³/mol. The zero-order valence-electron chi connectivity index (χ0n) is 9.03. The van der Waals surface area contributed by atoms with Crippen molar-refractivity contribution < 1.29 is 22.4 Å². The molecule has 1 heterocycles. The van der Waals surface area contributed by atoms with Gasteiger partial charge in [-0.25, -0.2) is 17.6 Å². The van der Waals surface area contributed by atoms with Crippen LogP contribution in [0.4, 0.5) is 23.2 Å². The molecule has 1 aromatic heterocycles. The third-order valence-electron chi connectivity index (χ3n) is 2.13. The minimum Gasteiger partial charge on any atom is -0.316 e. The van der Waals surface area contributed by atoms with Crippen molar-refractivity contribution in [2.75, 3.05) is 5.32 Å². The summed E-state index contributed by atoms with van der Waals surface area (Å²) in [6.45, 7) is 0. The number of hydrogen-bond donors (Lipinski definition) is 1. The van der Waals surface area contributed by atoms with Gasteiger partial charge in [-0.2, -0.15) is 0 Å². The van der Waals surface area contributed by atoms with Gasteiger partial charge in [0.2, 0.25) is 0 Å². The highest BCUT2D eigenvalue weighted by Crippen LogP contribution is 2.25. The summed E-state index contributed by atoms with van der Waals surface area (Å²) in [4.78, 5) is 11.2. The highest BCUT2D eigenvalue weighted by atomic mass is 32.1. The monoisotopic (exact) mass is 291 g/mol. The Labute approximate surface area is 108 Å². The standard InChI is InChI=1S/C10H5F4N3OS/c11-4-2-1-3-5(12)6(4)15-10(18)8-7(9(13)14)16-17-19-8/h1-3,9H,(H,15,18). The second-order valence-electron chi connectivity index (χ2n) is 3.34. The summed E-state index contributed by atoms with van der Waals surface area (Å²) in [6.07, 6.45) is -3.00. The number of nitrogens with one attached hydrogen (secondary N) is 1. The van der Waals surface area contributed by atoms with E-state index in [0.717, 1.165) is 18.2 Å². The first-order chi connectivity index (χ1) is 9.00. The van der Waals surface area contributed by atoms with Crippen LogP contribution in [0.25, 0.3) is 0 Å². The summed E-state index contributed by atoms with van der Waals surface area (Å²) in [5.74, 6) is -3.11. The lowest BCUT2D eigenvalue weighted by atomic mass is 10.2. The lowest BCUT2D eigenvalue weighted by Gasteiger charge is -2.06. The molecule has 0 spiro atoms. The zero-order valence-corrected chi connectivity index (χ0v) is 9.85. The molecule has 9 heteroatoms. The van der Waals surface area contributed by atoms with Gasteiger partial charge in [-0.05, 0) is 23.7 Å². The number of alkyl halides is 2. The third-order valence-corrected chi connectivity index (χ3v) is 2.87. The van der Waals surface area contributed by atoms with E-state index in [1.54, 1.807) is 0 Å². The van der Waals surface area contributed by atoms with Crippen LogP contribution in [0.5, 0.6) is 0 Å². The fraction of sp³-hybridized carbons (Fsp3) is 0.100. The Balaban J connectivity index is 2.29. The molecule has 0 fully saturated rings. The number of rotatable bonds is 3. The minimum absolute atomic E-state index is 0.419. The van der Waals surface area contributed by atoms with Crippen molar-refractivity contribution in [3.05, 3.63) is 40.4 Å². The van der Waals surface area contributed by atoms with Crippen LogP contribution >= 0.6 is 11.5 Å². The first kappa shape index (κ1) is 13.4. The molecule has 0 unspecified atom stereocenters. The minimum atomic E-state index is -3.00. The summed E-state index contributed by atoms with van der Waals surface area (Å²) in [7, 11) is 0. The van der Waals surface area contributed by atoms with E-state index in [4.69, 9.17) is 0 Å². The average molecular weight is 291 g/mol. The molecule has 0 saturated heterocycles. The summed E-state index contributed by atoms with van der Waals surface area (Å²) >= 11 is 0.419. The number of anilines is 1. The zero-order chi connectivity index (χ0) is 14.0. The Morgan fingerprint density at radius 1 is 1.26 bits per heavy atom. The van der Waals surface area contributed by atoms with Gasteiger partial charge >= 0.3 is 0 Å². The van der Waals surface area contributed by atoms with Crippen molar-refractivity contribution in [3.8, 4) is 0 Å². The Morgan fingerprint density at radius 2 is 1.89 bits per heavy atom. The smallest absolute Gasteiger partial charge is 0.283 e. The lowest BCUT2D eigenvalue weighted by molar-refractivity contribution is 0.101. The van der Waals surface area contributed by atoms with Crippen LogP contribution in [-0.2, 0) is 0 Å². The summed E-state index contributed by atoms with van der Waals surface area (Å²) in [6, 6.07) is 2.97. The fourth-order valence-corrected chi connectivity index (χ4v) is 1.85. The van der Waals surface area contributed by atoms with Crippen molar-refractivity contribution in [1.82, 2.24) is 9.59 Å². The Morgan fingerprint density at radius 3 is 2.47 bits per heavy atom. The molecular weight excluding hydrogens is 286 g/mol. The number of carbonyl (C=O) groups excluding carboxylic acids is 1. The maximum atomic E-state index is 13.3. The number of nitrogens with zero attached hydrogens (tertiary/aromatic N) is 2. The molecule has 0 atom stereocenters. The molecule has 0 saturated carbocycles. The number of benzene rings is 1. The molecule has 1 amide bonds. The Bertz CT molecular complexity index is 596. The molecule has 0 aliphatic heterocycles. The first-order valence-electron chi connectivity index (χ1n) is 4.86. The molecule has 2 aromatic rings. The second kappa shape index (κ2) is 5.31. The van der Waals surface area contributed by atoms with E-state index in [1.807, 2.05) is 5.32 Å². The summed E-state index contributed by atoms with van der Waals surface area (Å²) < 4.78 is 54.8. The van der Waals surface area contributed by atoms with E-state index < -0.39 is 40.2 Å². The van der Waals surface area contributed by atoms with Gasteiger partial charge in [-0.3, -0.25) is 4.79 Å². The van der Waals surface area contributed by atoms with Crippen molar-refractivity contribution in [3.63, 3.8) is 0 Å². The quantitative estimate of drug-likeness (QED) is 0.884. The molecule has 0 aliphatic rings. The largest absolute Gasteiger partial charge is 0.316 e. The van der Waals surface area contributed by atoms with E-state index in [2.05, 4.69) is 9.59 Å². The normalized spacial score (nSPS) is 10.8. The van der Waals surface area contributed by atoms with E-state index >= 15 is 0 Å². The molecule has 0 radical (unpaired) electrons. The molecule has 19 heavy (non-hydrogen) atoms. The van der Waals surface area contributed by atoms with Crippen LogP contribution < -0.4 is 5.32 Å². The maximum absolute atomic E-state index is 13.3. The van der Waals surface area contributed by atoms with Gasteiger partial charge in [0.15, 0.2) is 5.69 Å². The second-order valence-corrected chi connectivity index (χ2v) is 4.09. The molecule has 4 nitrogen and oxygen atoms in total. The van der Waals surface area contributed by atoms with Crippen LogP contribution in [0.15, 0.2) is 18.2 Å². The fourth-order valence-electron chi connectivity index (χ4n) is 1.29. The number of hydrogen-bond acceptors (Lipinski definition) is 4. The van der Waals surface area contributed by atoms with Crippen LogP contribution in [0.3, 0.4) is 0 Å². The molecule has 100 valence electrons. The van der Waals surface area contributed by atoms with Gasteiger partial charge in [0.1, 0.15) is 22.2 Å². The molecular formula is C10H5F4N3OS.